The molecule has 0 radical (unpaired) electrons. The Balaban J connectivity index is 1.19. The van der Waals surface area contributed by atoms with Gasteiger partial charge in [0.15, 0.2) is 17.2 Å². The minimum absolute atomic E-state index is 0.0445. The van der Waals surface area contributed by atoms with Crippen molar-refractivity contribution in [2.75, 3.05) is 47.1 Å². The minimum Gasteiger partial charge on any atom is -0.490 e. The Bertz CT molecular complexity index is 959. The Labute approximate surface area is 230 Å². The van der Waals surface area contributed by atoms with Gasteiger partial charge in [-0.25, -0.2) is 0 Å². The number of hydrogen-bond donors (Lipinski definition) is 0. The van der Waals surface area contributed by atoms with Crippen molar-refractivity contribution >= 4 is 23.2 Å². The lowest BCUT2D eigenvalue weighted by Crippen LogP contribution is -2.52. The second-order valence-corrected chi connectivity index (χ2v) is 12.8. The lowest BCUT2D eigenvalue weighted by atomic mass is 9.69. The van der Waals surface area contributed by atoms with Crippen LogP contribution in [-0.4, -0.2) is 98.9 Å². The van der Waals surface area contributed by atoms with Crippen molar-refractivity contribution in [3.63, 3.8) is 0 Å². The van der Waals surface area contributed by atoms with E-state index in [2.05, 4.69) is 4.90 Å². The fraction of sp³-hybridized carbons (Fsp3) is 0.862. The number of ketones is 2. The van der Waals surface area contributed by atoms with Crippen molar-refractivity contribution in [3.05, 3.63) is 11.3 Å². The summed E-state index contributed by atoms with van der Waals surface area (Å²) in [5, 5.41) is -0.479. The molecule has 0 amide bonds. The van der Waals surface area contributed by atoms with Gasteiger partial charge in [-0.1, -0.05) is 6.92 Å². The van der Waals surface area contributed by atoms with Gasteiger partial charge in [-0.15, -0.1) is 11.6 Å². The number of morpholine rings is 1. The second kappa shape index (κ2) is 10.7. The average molecular weight is 552 g/mol. The molecule has 3 aliphatic carbocycles. The Morgan fingerprint density at radius 1 is 1.03 bits per heavy atom. The highest BCUT2D eigenvalue weighted by Crippen LogP contribution is 2.56. The molecular weight excluding hydrogens is 510 g/mol. The van der Waals surface area contributed by atoms with Crippen LogP contribution in [0.1, 0.15) is 51.9 Å². The molecule has 1 spiro atoms. The number of fused-ring (bicyclic) bond motifs is 2. The van der Waals surface area contributed by atoms with Gasteiger partial charge in [0.2, 0.25) is 0 Å². The zero-order chi connectivity index (χ0) is 26.6. The van der Waals surface area contributed by atoms with E-state index in [1.807, 2.05) is 6.92 Å². The third-order valence-corrected chi connectivity index (χ3v) is 10.9. The topological polar surface area (TPSA) is 83.5 Å². The van der Waals surface area contributed by atoms with E-state index in [9.17, 15) is 9.59 Å². The van der Waals surface area contributed by atoms with Crippen LogP contribution in [0.3, 0.4) is 0 Å². The number of alkyl halides is 1. The van der Waals surface area contributed by atoms with Crippen molar-refractivity contribution in [1.29, 1.82) is 0 Å². The molecule has 8 nitrogen and oxygen atoms in total. The molecule has 0 aromatic carbocycles. The van der Waals surface area contributed by atoms with Gasteiger partial charge in [0.05, 0.1) is 42.8 Å². The number of carbonyl (C=O) groups is 2. The van der Waals surface area contributed by atoms with Gasteiger partial charge < -0.3 is 23.7 Å². The van der Waals surface area contributed by atoms with Crippen LogP contribution in [0.2, 0.25) is 0 Å². The van der Waals surface area contributed by atoms with Gasteiger partial charge in [0.25, 0.3) is 0 Å². The zero-order valence-electron chi connectivity index (χ0n) is 22.9. The van der Waals surface area contributed by atoms with E-state index >= 15 is 0 Å². The van der Waals surface area contributed by atoms with E-state index < -0.39 is 23.0 Å². The molecule has 2 saturated carbocycles. The normalized spacial score (nSPS) is 45.8. The first-order valence-electron chi connectivity index (χ1n) is 14.5. The molecular formula is C29H42ClNO7. The van der Waals surface area contributed by atoms with Crippen LogP contribution in [0.4, 0.5) is 0 Å². The van der Waals surface area contributed by atoms with Crippen LogP contribution in [0.15, 0.2) is 11.3 Å². The van der Waals surface area contributed by atoms with Crippen LogP contribution in [-0.2, 0) is 33.3 Å². The SMILES string of the molecule is COC1CC(OC)C2C(=O)[C@@]3(OC2C1Cl)C1=C(CC(C2CCC(CN4CCOCC4)CC2)O1)C(=O)C[C@H]3C. The summed E-state index contributed by atoms with van der Waals surface area (Å²) in [5.41, 5.74) is -0.605. The number of hydrogen-bond acceptors (Lipinski definition) is 8. The third-order valence-electron chi connectivity index (χ3n) is 10.3. The number of rotatable bonds is 5. The van der Waals surface area contributed by atoms with E-state index in [0.29, 0.717) is 36.0 Å². The number of methoxy groups -OCH3 is 2. The monoisotopic (exact) mass is 551 g/mol. The van der Waals surface area contributed by atoms with E-state index in [4.69, 9.17) is 35.3 Å². The molecule has 0 aromatic heterocycles. The molecule has 3 heterocycles. The number of Topliss-reactive ketones (excluding diaryl/α,β-unsaturated/α-hetero) is 2. The molecule has 9 heteroatoms. The Morgan fingerprint density at radius 3 is 2.42 bits per heavy atom. The minimum atomic E-state index is -1.27. The fourth-order valence-corrected chi connectivity index (χ4v) is 8.54. The predicted octanol–water partition coefficient (Wildman–Crippen LogP) is 3.14. The quantitative estimate of drug-likeness (QED) is 0.482. The predicted molar refractivity (Wildman–Crippen MR) is 140 cm³/mol. The van der Waals surface area contributed by atoms with Gasteiger partial charge >= 0.3 is 0 Å². The second-order valence-electron chi connectivity index (χ2n) is 12.3. The van der Waals surface area contributed by atoms with Gasteiger partial charge in [0, 0.05) is 64.6 Å². The Morgan fingerprint density at radius 2 is 1.74 bits per heavy atom. The standard InChI is InChI=1S/C29H42ClNO7/c1-16-12-20(32)19-13-21(18-6-4-17(5-7-18)15-31-8-10-36-11-9-31)37-28(19)29(16)27(33)24-22(34-2)14-23(35-3)25(30)26(24)38-29/h16-18,21-26H,4-15H2,1-3H3/t16-,17?,18?,21?,22?,23?,24?,25?,26?,29-/m1/s1. The van der Waals surface area contributed by atoms with E-state index in [0.717, 1.165) is 45.7 Å². The summed E-state index contributed by atoms with van der Waals surface area (Å²) in [4.78, 5) is 30.0. The molecule has 3 aliphatic heterocycles. The highest BCUT2D eigenvalue weighted by molar-refractivity contribution is 6.22. The highest BCUT2D eigenvalue weighted by atomic mass is 35.5. The van der Waals surface area contributed by atoms with Gasteiger partial charge in [0.1, 0.15) is 11.9 Å². The van der Waals surface area contributed by atoms with Crippen molar-refractivity contribution in [3.8, 4) is 0 Å². The number of carbonyl (C=O) groups excluding carboxylic acids is 2. The molecule has 6 unspecified atom stereocenters. The number of nitrogens with zero attached hydrogens (tertiary/aromatic N) is 1. The lowest BCUT2D eigenvalue weighted by Gasteiger charge is -2.39. The van der Waals surface area contributed by atoms with Crippen molar-refractivity contribution in [2.24, 2.45) is 23.7 Å². The first kappa shape index (κ1) is 27.2. The fourth-order valence-electron chi connectivity index (χ4n) is 8.13. The molecule has 0 bridgehead atoms. The van der Waals surface area contributed by atoms with Crippen LogP contribution in [0.25, 0.3) is 0 Å². The lowest BCUT2D eigenvalue weighted by molar-refractivity contribution is -0.147. The molecule has 0 N–H and O–H groups in total. The van der Waals surface area contributed by atoms with Crippen molar-refractivity contribution in [1.82, 2.24) is 4.90 Å². The molecule has 8 atom stereocenters. The summed E-state index contributed by atoms with van der Waals surface area (Å²) in [6.07, 6.45) is 4.66. The van der Waals surface area contributed by atoms with Gasteiger partial charge in [-0.05, 0) is 37.5 Å². The zero-order valence-corrected chi connectivity index (χ0v) is 23.6. The summed E-state index contributed by atoms with van der Waals surface area (Å²) in [5.74, 6) is 0.781. The van der Waals surface area contributed by atoms with E-state index in [1.54, 1.807) is 14.2 Å². The number of halogens is 1. The Kier molecular flexibility index (Phi) is 7.68. The molecule has 6 aliphatic rings. The third kappa shape index (κ3) is 4.38. The molecule has 6 rings (SSSR count). The van der Waals surface area contributed by atoms with Crippen LogP contribution >= 0.6 is 11.6 Å². The molecule has 212 valence electrons. The highest BCUT2D eigenvalue weighted by Gasteiger charge is 2.68. The first-order chi connectivity index (χ1) is 18.4. The summed E-state index contributed by atoms with van der Waals surface area (Å²) in [7, 11) is 3.25. The van der Waals surface area contributed by atoms with Crippen LogP contribution in [0.5, 0.6) is 0 Å². The van der Waals surface area contributed by atoms with Crippen molar-refractivity contribution in [2.45, 2.75) is 87.3 Å². The van der Waals surface area contributed by atoms with E-state index in [-0.39, 0.29) is 42.2 Å². The maximum atomic E-state index is 14.3. The molecule has 2 saturated heterocycles. The molecule has 38 heavy (non-hydrogen) atoms. The maximum absolute atomic E-state index is 14.3. The number of ether oxygens (including phenoxy) is 5. The summed E-state index contributed by atoms with van der Waals surface area (Å²) in [6, 6.07) is 0. The average Bonchev–Trinajstić information content (AvgIpc) is 3.51. The van der Waals surface area contributed by atoms with Crippen molar-refractivity contribution < 1.29 is 33.3 Å². The smallest absolute Gasteiger partial charge is 0.187 e. The Hall–Kier alpha value is -1.03. The maximum Gasteiger partial charge on any atom is 0.187 e. The summed E-state index contributed by atoms with van der Waals surface area (Å²) in [6.45, 7) is 6.80. The molecule has 4 fully saturated rings. The largest absolute Gasteiger partial charge is 0.490 e. The van der Waals surface area contributed by atoms with Gasteiger partial charge in [-0.3, -0.25) is 14.5 Å². The van der Waals surface area contributed by atoms with E-state index in [1.165, 1.54) is 12.8 Å². The van der Waals surface area contributed by atoms with Crippen LogP contribution < -0.4 is 0 Å². The van der Waals surface area contributed by atoms with Gasteiger partial charge in [-0.2, -0.15) is 0 Å². The first-order valence-corrected chi connectivity index (χ1v) is 15.0. The molecule has 0 aromatic rings. The summed E-state index contributed by atoms with van der Waals surface area (Å²) >= 11 is 6.84. The van der Waals surface area contributed by atoms with Crippen LogP contribution in [0, 0.1) is 23.7 Å². The summed E-state index contributed by atoms with van der Waals surface area (Å²) < 4.78 is 30.3.